The van der Waals surface area contributed by atoms with Gasteiger partial charge in [0.1, 0.15) is 23.6 Å². The maximum atomic E-state index is 13.7. The first-order valence-corrected chi connectivity index (χ1v) is 15.3. The number of hydrogen-bond donors (Lipinski definition) is 9. The van der Waals surface area contributed by atoms with Gasteiger partial charge in [-0.2, -0.15) is 0 Å². The Morgan fingerprint density at radius 3 is 2.14 bits per heavy atom. The highest BCUT2D eigenvalue weighted by Crippen LogP contribution is 2.31. The topological polar surface area (TPSA) is 184 Å². The summed E-state index contributed by atoms with van der Waals surface area (Å²) in [7, 11) is 5.24. The molecular formula is C32H48N6O6. The van der Waals surface area contributed by atoms with Gasteiger partial charge in [0.25, 0.3) is 0 Å². The first-order valence-electron chi connectivity index (χ1n) is 15.3. The largest absolute Gasteiger partial charge is 0.508 e. The van der Waals surface area contributed by atoms with Crippen LogP contribution in [0.3, 0.4) is 0 Å². The van der Waals surface area contributed by atoms with Crippen LogP contribution >= 0.6 is 0 Å². The predicted molar refractivity (Wildman–Crippen MR) is 169 cm³/mol. The maximum Gasteiger partial charge on any atom is 0.243 e. The first kappa shape index (κ1) is 34.8. The fourth-order valence-corrected chi connectivity index (χ4v) is 5.31. The van der Waals surface area contributed by atoms with E-state index >= 15 is 0 Å². The summed E-state index contributed by atoms with van der Waals surface area (Å²) in [5.41, 5.74) is 2.53. The van der Waals surface area contributed by atoms with E-state index in [0.29, 0.717) is 43.5 Å². The minimum atomic E-state index is -1.02. The van der Waals surface area contributed by atoms with Crippen LogP contribution in [0.1, 0.15) is 43.2 Å². The number of amides is 3. The van der Waals surface area contributed by atoms with Gasteiger partial charge in [-0.05, 0) is 99.9 Å². The zero-order chi connectivity index (χ0) is 32.1. The van der Waals surface area contributed by atoms with Gasteiger partial charge in [0.05, 0.1) is 12.6 Å². The van der Waals surface area contributed by atoms with Gasteiger partial charge < -0.3 is 47.2 Å². The lowest BCUT2D eigenvalue weighted by molar-refractivity contribution is -0.132. The van der Waals surface area contributed by atoms with Gasteiger partial charge in [-0.25, -0.2) is 0 Å². The van der Waals surface area contributed by atoms with Crippen LogP contribution in [0.2, 0.25) is 0 Å². The van der Waals surface area contributed by atoms with Crippen molar-refractivity contribution in [1.29, 1.82) is 0 Å². The van der Waals surface area contributed by atoms with Crippen molar-refractivity contribution in [2.75, 3.05) is 40.8 Å². The van der Waals surface area contributed by atoms with Crippen LogP contribution in [0, 0.1) is 0 Å². The molecule has 0 unspecified atom stereocenters. The van der Waals surface area contributed by atoms with E-state index in [1.807, 2.05) is 0 Å². The molecule has 0 saturated carbocycles. The van der Waals surface area contributed by atoms with Crippen molar-refractivity contribution in [2.24, 2.45) is 0 Å². The highest BCUT2D eigenvalue weighted by Gasteiger charge is 2.30. The molecule has 9 N–H and O–H groups in total. The van der Waals surface area contributed by atoms with Crippen molar-refractivity contribution in [3.8, 4) is 22.6 Å². The molecule has 0 aromatic heterocycles. The van der Waals surface area contributed by atoms with Crippen molar-refractivity contribution in [2.45, 2.75) is 69.1 Å². The zero-order valence-electron chi connectivity index (χ0n) is 25.9. The summed E-state index contributed by atoms with van der Waals surface area (Å²) < 4.78 is 0. The molecule has 0 spiro atoms. The molecule has 1 aliphatic rings. The minimum Gasteiger partial charge on any atom is -0.508 e. The molecular weight excluding hydrogens is 564 g/mol. The predicted octanol–water partition coefficient (Wildman–Crippen LogP) is 0.287. The summed E-state index contributed by atoms with van der Waals surface area (Å²) in [6.45, 7) is 1.04. The Hall–Kier alpha value is -3.71. The van der Waals surface area contributed by atoms with Gasteiger partial charge in [0.2, 0.25) is 17.7 Å². The third kappa shape index (κ3) is 9.91. The number of nitrogens with one attached hydrogen (secondary N) is 6. The number of carbonyl (C=O) groups excluding carboxylic acids is 3. The van der Waals surface area contributed by atoms with Crippen molar-refractivity contribution >= 4 is 17.7 Å². The van der Waals surface area contributed by atoms with Crippen LogP contribution in [-0.2, 0) is 27.2 Å². The van der Waals surface area contributed by atoms with E-state index < -0.39 is 35.8 Å². The summed E-state index contributed by atoms with van der Waals surface area (Å²) in [6.07, 6.45) is 3.35. The normalized spacial score (nSPS) is 19.7. The van der Waals surface area contributed by atoms with Crippen LogP contribution in [0.25, 0.3) is 11.1 Å². The van der Waals surface area contributed by atoms with Crippen LogP contribution in [-0.4, -0.2) is 98.0 Å². The fraction of sp³-hybridized carbons (Fsp3) is 0.531. The van der Waals surface area contributed by atoms with E-state index in [9.17, 15) is 29.7 Å². The lowest BCUT2D eigenvalue weighted by Gasteiger charge is -2.25. The molecule has 2 aromatic rings. The van der Waals surface area contributed by atoms with Crippen LogP contribution in [0.15, 0.2) is 36.4 Å². The third-order valence-corrected chi connectivity index (χ3v) is 8.10. The Labute approximate surface area is 259 Å². The number of rotatable bonds is 13. The number of fused-ring (bicyclic) bond motifs is 5. The Kier molecular flexibility index (Phi) is 13.9. The maximum absolute atomic E-state index is 13.7. The second-order valence-corrected chi connectivity index (χ2v) is 11.3. The average Bonchev–Trinajstić information content (AvgIpc) is 3.02. The smallest absolute Gasteiger partial charge is 0.243 e. The van der Waals surface area contributed by atoms with Crippen molar-refractivity contribution in [1.82, 2.24) is 31.9 Å². The molecule has 242 valence electrons. The number of phenols is 2. The molecule has 4 bridgehead atoms. The number of aromatic hydroxyl groups is 2. The molecule has 0 radical (unpaired) electrons. The molecule has 1 heterocycles. The van der Waals surface area contributed by atoms with Crippen LogP contribution in [0.5, 0.6) is 11.5 Å². The SMILES string of the molecule is CNCCC[C@@H]1NC(=O)[C@@H](NC)Cc2cc(ccc2O)-c2ccc(O)c(c2)C[C@@H](C(=O)NCCCC[C@@H](CO)NC)NC1=O. The number of carbonyl (C=O) groups is 3. The number of hydrogen-bond acceptors (Lipinski definition) is 9. The number of aliphatic hydroxyl groups is 1. The van der Waals surface area contributed by atoms with Gasteiger partial charge >= 0.3 is 0 Å². The molecule has 4 atom stereocenters. The van der Waals surface area contributed by atoms with Crippen molar-refractivity contribution in [3.63, 3.8) is 0 Å². The number of phenolic OH excluding ortho intramolecular Hbond substituents is 2. The van der Waals surface area contributed by atoms with E-state index in [-0.39, 0.29) is 37.0 Å². The molecule has 12 heteroatoms. The van der Waals surface area contributed by atoms with E-state index in [1.54, 1.807) is 57.5 Å². The van der Waals surface area contributed by atoms with Gasteiger partial charge in [-0.1, -0.05) is 18.6 Å². The second-order valence-electron chi connectivity index (χ2n) is 11.3. The number of unbranched alkanes of at least 4 members (excludes halogenated alkanes) is 1. The lowest BCUT2D eigenvalue weighted by atomic mass is 9.95. The first-order chi connectivity index (χ1) is 21.2. The summed E-state index contributed by atoms with van der Waals surface area (Å²) in [5, 5.41) is 48.4. The fourth-order valence-electron chi connectivity index (χ4n) is 5.31. The number of likely N-dealkylation sites (N-methyl/N-ethyl adjacent to an activating group) is 2. The van der Waals surface area contributed by atoms with E-state index in [1.165, 1.54) is 0 Å². The van der Waals surface area contributed by atoms with Gasteiger partial charge in [-0.15, -0.1) is 0 Å². The standard InChI is InChI=1S/C32H48N6O6/c1-33-13-6-8-25-31(43)38-27(30(42)36-14-5-4-7-24(19-39)34-2)18-23-16-21(10-12-29(23)41)20-9-11-28(40)22(15-20)17-26(35-3)32(44)37-25/h9-12,15-16,24-27,33-35,39-41H,4-8,13-14,17-19H2,1-3H3,(H,36,42)(H,37,44)(H,38,43)/t24-,25-,26-,27-/m0/s1. The van der Waals surface area contributed by atoms with Crippen molar-refractivity contribution < 1.29 is 29.7 Å². The van der Waals surface area contributed by atoms with E-state index in [4.69, 9.17) is 0 Å². The minimum absolute atomic E-state index is 0.00810. The molecule has 0 aliphatic carbocycles. The number of benzene rings is 2. The van der Waals surface area contributed by atoms with E-state index in [2.05, 4.69) is 31.9 Å². The molecule has 12 nitrogen and oxygen atoms in total. The molecule has 3 rings (SSSR count). The third-order valence-electron chi connectivity index (χ3n) is 8.10. The molecule has 44 heavy (non-hydrogen) atoms. The van der Waals surface area contributed by atoms with Gasteiger partial charge in [0, 0.05) is 25.4 Å². The quantitative estimate of drug-likeness (QED) is 0.144. The monoisotopic (exact) mass is 612 g/mol. The average molecular weight is 613 g/mol. The molecule has 2 aromatic carbocycles. The van der Waals surface area contributed by atoms with Gasteiger partial charge in [0.15, 0.2) is 0 Å². The van der Waals surface area contributed by atoms with Gasteiger partial charge in [-0.3, -0.25) is 14.4 Å². The summed E-state index contributed by atoms with van der Waals surface area (Å²) in [6, 6.07) is 7.51. The Morgan fingerprint density at radius 2 is 1.55 bits per heavy atom. The lowest BCUT2D eigenvalue weighted by Crippen LogP contribution is -2.57. The molecule has 0 saturated heterocycles. The highest BCUT2D eigenvalue weighted by molar-refractivity contribution is 5.93. The summed E-state index contributed by atoms with van der Waals surface area (Å²) in [5.74, 6) is -1.28. The molecule has 0 fully saturated rings. The van der Waals surface area contributed by atoms with E-state index in [0.717, 1.165) is 24.0 Å². The Morgan fingerprint density at radius 1 is 0.886 bits per heavy atom. The Bertz CT molecular complexity index is 1250. The van der Waals surface area contributed by atoms with Crippen molar-refractivity contribution in [3.05, 3.63) is 47.5 Å². The zero-order valence-corrected chi connectivity index (χ0v) is 25.9. The molecule has 1 aliphatic heterocycles. The summed E-state index contributed by atoms with van der Waals surface area (Å²) in [4.78, 5) is 40.5. The summed E-state index contributed by atoms with van der Waals surface area (Å²) >= 11 is 0. The molecule has 3 amide bonds. The van der Waals surface area contributed by atoms with Crippen LogP contribution in [0.4, 0.5) is 0 Å². The number of aliphatic hydroxyl groups excluding tert-OH is 1. The second kappa shape index (κ2) is 17.6. The highest BCUT2D eigenvalue weighted by atomic mass is 16.3. The Balaban J connectivity index is 1.94. The van der Waals surface area contributed by atoms with Crippen LogP contribution < -0.4 is 31.9 Å².